The number of aliphatic hydroxyl groups is 1. The molecule has 4 fully saturated rings. The topological polar surface area (TPSA) is 29.5 Å². The second kappa shape index (κ2) is 2.15. The lowest BCUT2D eigenvalue weighted by Gasteiger charge is -2.30. The van der Waals surface area contributed by atoms with Crippen LogP contribution >= 0.6 is 15.9 Å². The van der Waals surface area contributed by atoms with Crippen molar-refractivity contribution < 1.29 is 9.84 Å². The predicted molar refractivity (Wildman–Crippen MR) is 50.6 cm³/mol. The van der Waals surface area contributed by atoms with E-state index in [1.54, 1.807) is 0 Å². The normalized spacial score (nSPS) is 72.5. The second-order valence-electron chi connectivity index (χ2n) is 5.10. The summed E-state index contributed by atoms with van der Waals surface area (Å²) in [6.07, 6.45) is 2.99. The molecule has 3 aliphatic carbocycles. The van der Waals surface area contributed by atoms with Gasteiger partial charge in [0.05, 0.1) is 18.3 Å². The van der Waals surface area contributed by atoms with Gasteiger partial charge in [-0.15, -0.1) is 0 Å². The first-order chi connectivity index (χ1) is 6.27. The van der Waals surface area contributed by atoms with Crippen LogP contribution in [-0.2, 0) is 4.74 Å². The molecule has 1 saturated heterocycles. The number of alkyl halides is 1. The molecule has 0 radical (unpaired) electrons. The molecule has 8 atom stereocenters. The van der Waals surface area contributed by atoms with Crippen molar-refractivity contribution in [2.75, 3.05) is 0 Å². The summed E-state index contributed by atoms with van der Waals surface area (Å²) >= 11 is 3.74. The third kappa shape index (κ3) is 0.680. The number of hydrogen-bond acceptors (Lipinski definition) is 2. The van der Waals surface area contributed by atoms with E-state index in [0.717, 1.165) is 12.3 Å². The first-order valence-electron chi connectivity index (χ1n) is 5.25. The summed E-state index contributed by atoms with van der Waals surface area (Å²) in [7, 11) is 0. The van der Waals surface area contributed by atoms with Crippen molar-refractivity contribution in [1.29, 1.82) is 0 Å². The summed E-state index contributed by atoms with van der Waals surface area (Å²) in [4.78, 5) is 0.527. The number of hydrogen-bond donors (Lipinski definition) is 1. The van der Waals surface area contributed by atoms with E-state index in [-0.39, 0.29) is 6.10 Å². The van der Waals surface area contributed by atoms with Crippen LogP contribution in [0.5, 0.6) is 0 Å². The molecule has 2 nitrogen and oxygen atoms in total. The first-order valence-corrected chi connectivity index (χ1v) is 6.16. The molecule has 0 aromatic heterocycles. The van der Waals surface area contributed by atoms with Crippen molar-refractivity contribution in [3.63, 3.8) is 0 Å². The zero-order valence-corrected chi connectivity index (χ0v) is 8.85. The third-order valence-electron chi connectivity index (χ3n) is 4.80. The smallest absolute Gasteiger partial charge is 0.0738 e. The average molecular weight is 245 g/mol. The first kappa shape index (κ1) is 7.66. The van der Waals surface area contributed by atoms with E-state index in [2.05, 4.69) is 15.9 Å². The van der Waals surface area contributed by atoms with Crippen LogP contribution in [0.1, 0.15) is 12.8 Å². The van der Waals surface area contributed by atoms with E-state index in [4.69, 9.17) is 4.74 Å². The Morgan fingerprint density at radius 3 is 2.85 bits per heavy atom. The molecule has 1 N–H and O–H groups in total. The standard InChI is InChI=1S/C10H13BrO2/c11-9-3-1-4-8-6(13-10(4)9)2-5(12)7(3)8/h3-10,12H,1-2H2/t3-,4+,5-,6-,7-,8-,9-,10-/m0/s1. The molecule has 4 aliphatic rings. The maximum atomic E-state index is 9.93. The zero-order valence-electron chi connectivity index (χ0n) is 7.27. The number of halogens is 1. The number of rotatable bonds is 0. The van der Waals surface area contributed by atoms with E-state index < -0.39 is 0 Å². The van der Waals surface area contributed by atoms with E-state index in [9.17, 15) is 5.11 Å². The van der Waals surface area contributed by atoms with Crippen molar-refractivity contribution in [3.8, 4) is 0 Å². The van der Waals surface area contributed by atoms with Crippen molar-refractivity contribution in [1.82, 2.24) is 0 Å². The van der Waals surface area contributed by atoms with Gasteiger partial charge in [-0.1, -0.05) is 15.9 Å². The summed E-state index contributed by atoms with van der Waals surface area (Å²) in [5, 5.41) is 9.93. The third-order valence-corrected chi connectivity index (χ3v) is 6.00. The quantitative estimate of drug-likeness (QED) is 0.649. The van der Waals surface area contributed by atoms with Crippen molar-refractivity contribution >= 4 is 15.9 Å². The van der Waals surface area contributed by atoms with E-state index in [1.807, 2.05) is 0 Å². The molecule has 2 bridgehead atoms. The number of fused-ring (bicyclic) bond motifs is 2. The van der Waals surface area contributed by atoms with E-state index in [1.165, 1.54) is 6.42 Å². The lowest BCUT2D eigenvalue weighted by atomic mass is 9.81. The van der Waals surface area contributed by atoms with Gasteiger partial charge in [0.15, 0.2) is 0 Å². The molecule has 1 aliphatic heterocycles. The molecule has 0 aromatic carbocycles. The van der Waals surface area contributed by atoms with Crippen LogP contribution in [0.15, 0.2) is 0 Å². The predicted octanol–water partition coefficient (Wildman–Crippen LogP) is 1.16. The van der Waals surface area contributed by atoms with Crippen LogP contribution in [0.2, 0.25) is 0 Å². The van der Waals surface area contributed by atoms with Crippen molar-refractivity contribution in [2.45, 2.75) is 36.0 Å². The van der Waals surface area contributed by atoms with Gasteiger partial charge < -0.3 is 9.84 Å². The van der Waals surface area contributed by atoms with Gasteiger partial charge in [0.25, 0.3) is 0 Å². The second-order valence-corrected chi connectivity index (χ2v) is 6.16. The van der Waals surface area contributed by atoms with Crippen LogP contribution in [-0.4, -0.2) is 28.2 Å². The van der Waals surface area contributed by atoms with Crippen LogP contribution in [0.25, 0.3) is 0 Å². The van der Waals surface area contributed by atoms with Crippen LogP contribution in [0, 0.1) is 23.7 Å². The molecule has 4 rings (SSSR count). The molecule has 0 spiro atoms. The Bertz CT molecular complexity index is 270. The summed E-state index contributed by atoms with van der Waals surface area (Å²) in [6.45, 7) is 0. The Morgan fingerprint density at radius 2 is 2.00 bits per heavy atom. The molecule has 0 amide bonds. The Hall–Kier alpha value is 0.400. The Kier molecular flexibility index (Phi) is 1.26. The highest BCUT2D eigenvalue weighted by molar-refractivity contribution is 9.09. The fourth-order valence-corrected chi connectivity index (χ4v) is 5.60. The SMILES string of the molecule is O[C@H]1C[C@@H]2O[C@@H]3[C@@H](Br)[C@H]4C[C@@H]3[C@@H]2[C@@H]41. The zero-order chi connectivity index (χ0) is 8.74. The minimum atomic E-state index is -0.0775. The fraction of sp³-hybridized carbons (Fsp3) is 1.00. The van der Waals surface area contributed by atoms with Gasteiger partial charge in [0.1, 0.15) is 0 Å². The van der Waals surface area contributed by atoms with E-state index in [0.29, 0.717) is 34.8 Å². The van der Waals surface area contributed by atoms with Gasteiger partial charge in [-0.2, -0.15) is 0 Å². The Balaban J connectivity index is 1.85. The minimum absolute atomic E-state index is 0.0775. The molecule has 72 valence electrons. The molecular weight excluding hydrogens is 232 g/mol. The van der Waals surface area contributed by atoms with Crippen LogP contribution < -0.4 is 0 Å². The summed E-state index contributed by atoms with van der Waals surface area (Å²) in [5.41, 5.74) is 0. The fourth-order valence-electron chi connectivity index (χ4n) is 4.52. The molecule has 1 heterocycles. The van der Waals surface area contributed by atoms with Crippen LogP contribution in [0.3, 0.4) is 0 Å². The molecule has 3 saturated carbocycles. The highest BCUT2D eigenvalue weighted by Gasteiger charge is 2.69. The van der Waals surface area contributed by atoms with Crippen molar-refractivity contribution in [3.05, 3.63) is 0 Å². The Labute approximate surface area is 85.8 Å². The number of ether oxygens (including phenoxy) is 1. The van der Waals surface area contributed by atoms with Gasteiger partial charge in [-0.3, -0.25) is 0 Å². The average Bonchev–Trinajstić information content (AvgIpc) is 2.69. The highest BCUT2D eigenvalue weighted by Crippen LogP contribution is 2.66. The minimum Gasteiger partial charge on any atom is -0.393 e. The number of aliphatic hydroxyl groups excluding tert-OH is 1. The summed E-state index contributed by atoms with van der Waals surface area (Å²) in [6, 6.07) is 0. The van der Waals surface area contributed by atoms with Crippen LogP contribution in [0.4, 0.5) is 0 Å². The monoisotopic (exact) mass is 244 g/mol. The van der Waals surface area contributed by atoms with Gasteiger partial charge in [-0.05, 0) is 30.1 Å². The molecular formula is C10H13BrO2. The van der Waals surface area contributed by atoms with Gasteiger partial charge in [-0.25, -0.2) is 0 Å². The molecule has 3 heteroatoms. The lowest BCUT2D eigenvalue weighted by Crippen LogP contribution is -2.37. The van der Waals surface area contributed by atoms with Gasteiger partial charge >= 0.3 is 0 Å². The molecule has 0 aromatic rings. The Morgan fingerprint density at radius 1 is 1.15 bits per heavy atom. The maximum Gasteiger partial charge on any atom is 0.0738 e. The lowest BCUT2D eigenvalue weighted by molar-refractivity contribution is 0.00972. The largest absolute Gasteiger partial charge is 0.393 e. The molecule has 0 unspecified atom stereocenters. The van der Waals surface area contributed by atoms with E-state index >= 15 is 0 Å². The molecule has 13 heavy (non-hydrogen) atoms. The maximum absolute atomic E-state index is 9.93. The van der Waals surface area contributed by atoms with Gasteiger partial charge in [0, 0.05) is 11.2 Å². The van der Waals surface area contributed by atoms with Crippen molar-refractivity contribution in [2.24, 2.45) is 23.7 Å². The highest BCUT2D eigenvalue weighted by atomic mass is 79.9. The summed E-state index contributed by atoms with van der Waals surface area (Å²) < 4.78 is 6.01. The summed E-state index contributed by atoms with van der Waals surface area (Å²) in [5.74, 6) is 2.72. The van der Waals surface area contributed by atoms with Gasteiger partial charge in [0.2, 0.25) is 0 Å².